The molecule has 2 aromatic carbocycles. The maximum atomic E-state index is 2.21. The number of hydrogen-bond acceptors (Lipinski definition) is 0. The van der Waals surface area contributed by atoms with E-state index in [1.165, 1.54) is 22.3 Å². The van der Waals surface area contributed by atoms with Crippen LogP contribution in [0.3, 0.4) is 0 Å². The van der Waals surface area contributed by atoms with Crippen molar-refractivity contribution in [2.75, 3.05) is 0 Å². The summed E-state index contributed by atoms with van der Waals surface area (Å²) in [6.07, 6.45) is 5.46. The van der Waals surface area contributed by atoms with Gasteiger partial charge in [0.1, 0.15) is 0 Å². The molecular formula is C15H14Cl2. The summed E-state index contributed by atoms with van der Waals surface area (Å²) in [6.45, 7) is 0. The van der Waals surface area contributed by atoms with Crippen molar-refractivity contribution < 1.29 is 0 Å². The summed E-state index contributed by atoms with van der Waals surface area (Å²) in [6, 6.07) is 17.2. The number of hydrogen-bond donors (Lipinski definition) is 0. The maximum Gasteiger partial charge on any atom is -0.00139 e. The van der Waals surface area contributed by atoms with Crippen molar-refractivity contribution in [3.8, 4) is 0 Å². The molecule has 0 bridgehead atoms. The average molecular weight is 265 g/mol. The van der Waals surface area contributed by atoms with Crippen LogP contribution in [0.2, 0.25) is 0 Å². The van der Waals surface area contributed by atoms with E-state index in [-0.39, 0.29) is 24.8 Å². The van der Waals surface area contributed by atoms with Crippen molar-refractivity contribution in [3.63, 3.8) is 0 Å². The van der Waals surface area contributed by atoms with E-state index in [0.29, 0.717) is 0 Å². The molecule has 2 aromatic rings. The molecule has 0 saturated heterocycles. The second-order valence-electron chi connectivity index (χ2n) is 3.91. The molecule has 2 heteroatoms. The second kappa shape index (κ2) is 5.90. The highest BCUT2D eigenvalue weighted by Crippen LogP contribution is 2.24. The fourth-order valence-electron chi connectivity index (χ4n) is 2.10. The Labute approximate surface area is 114 Å². The third-order valence-electron chi connectivity index (χ3n) is 2.93. The van der Waals surface area contributed by atoms with Crippen LogP contribution in [0.1, 0.15) is 22.3 Å². The Morgan fingerprint density at radius 2 is 1.00 bits per heavy atom. The normalized spacial score (nSPS) is 11.3. The second-order valence-corrected chi connectivity index (χ2v) is 3.91. The van der Waals surface area contributed by atoms with E-state index in [0.717, 1.165) is 6.42 Å². The molecule has 0 fully saturated rings. The molecule has 0 heterocycles. The standard InChI is InChI=1S/C15H12.2ClH/c1-3-7-14-11-15-8-4-2-6-13(15)10-9-12(14)5-1;;/h1-10H,11H2;2*1H. The van der Waals surface area contributed by atoms with Crippen LogP contribution in [-0.2, 0) is 6.42 Å². The zero-order valence-electron chi connectivity index (χ0n) is 9.30. The molecule has 0 radical (unpaired) electrons. The van der Waals surface area contributed by atoms with E-state index in [1.54, 1.807) is 0 Å². The Morgan fingerprint density at radius 3 is 1.47 bits per heavy atom. The van der Waals surface area contributed by atoms with Gasteiger partial charge < -0.3 is 0 Å². The number of rotatable bonds is 0. The molecule has 0 atom stereocenters. The van der Waals surface area contributed by atoms with Crippen molar-refractivity contribution in [3.05, 3.63) is 70.8 Å². The summed E-state index contributed by atoms with van der Waals surface area (Å²) in [5.74, 6) is 0. The third-order valence-corrected chi connectivity index (χ3v) is 2.93. The highest BCUT2D eigenvalue weighted by atomic mass is 35.5. The van der Waals surface area contributed by atoms with Crippen LogP contribution in [0, 0.1) is 0 Å². The first-order valence-electron chi connectivity index (χ1n) is 5.27. The van der Waals surface area contributed by atoms with Gasteiger partial charge in [0.15, 0.2) is 0 Å². The molecule has 0 amide bonds. The van der Waals surface area contributed by atoms with Gasteiger partial charge in [-0.2, -0.15) is 0 Å². The molecule has 0 spiro atoms. The Morgan fingerprint density at radius 1 is 0.588 bits per heavy atom. The molecule has 0 nitrogen and oxygen atoms in total. The fourth-order valence-corrected chi connectivity index (χ4v) is 2.10. The number of fused-ring (bicyclic) bond motifs is 2. The molecule has 88 valence electrons. The predicted molar refractivity (Wildman–Crippen MR) is 79.1 cm³/mol. The van der Waals surface area contributed by atoms with Crippen LogP contribution in [0.4, 0.5) is 0 Å². The van der Waals surface area contributed by atoms with Gasteiger partial charge in [-0.15, -0.1) is 24.8 Å². The summed E-state index contributed by atoms with van der Waals surface area (Å²) in [4.78, 5) is 0. The van der Waals surface area contributed by atoms with Crippen molar-refractivity contribution in [2.45, 2.75) is 6.42 Å². The molecule has 0 aliphatic heterocycles. The van der Waals surface area contributed by atoms with E-state index in [9.17, 15) is 0 Å². The molecule has 1 aliphatic rings. The lowest BCUT2D eigenvalue weighted by molar-refractivity contribution is 1.18. The molecule has 0 aromatic heterocycles. The van der Waals surface area contributed by atoms with Crippen molar-refractivity contribution in [1.82, 2.24) is 0 Å². The molecule has 0 N–H and O–H groups in total. The average Bonchev–Trinajstić information content (AvgIpc) is 2.48. The zero-order chi connectivity index (χ0) is 10.1. The van der Waals surface area contributed by atoms with Gasteiger partial charge in [0.25, 0.3) is 0 Å². The SMILES string of the molecule is C1=Cc2ccccc2Cc2ccccc21.Cl.Cl. The smallest absolute Gasteiger partial charge is 0.00139 e. The minimum atomic E-state index is 0. The van der Waals surface area contributed by atoms with E-state index in [2.05, 4.69) is 60.7 Å². The lowest BCUT2D eigenvalue weighted by Crippen LogP contribution is -1.90. The summed E-state index contributed by atoms with van der Waals surface area (Å²) in [5.41, 5.74) is 5.51. The zero-order valence-corrected chi connectivity index (χ0v) is 10.9. The summed E-state index contributed by atoms with van der Waals surface area (Å²) in [5, 5.41) is 0. The first-order chi connectivity index (χ1) is 7.43. The van der Waals surface area contributed by atoms with Gasteiger partial charge >= 0.3 is 0 Å². The summed E-state index contributed by atoms with van der Waals surface area (Å²) < 4.78 is 0. The maximum absolute atomic E-state index is 2.21. The number of halogens is 2. The van der Waals surface area contributed by atoms with E-state index >= 15 is 0 Å². The van der Waals surface area contributed by atoms with Gasteiger partial charge in [-0.25, -0.2) is 0 Å². The van der Waals surface area contributed by atoms with Crippen LogP contribution < -0.4 is 0 Å². The van der Waals surface area contributed by atoms with Crippen LogP contribution in [0.15, 0.2) is 48.5 Å². The van der Waals surface area contributed by atoms with E-state index in [1.807, 2.05) is 0 Å². The topological polar surface area (TPSA) is 0 Å². The van der Waals surface area contributed by atoms with Crippen molar-refractivity contribution in [1.29, 1.82) is 0 Å². The summed E-state index contributed by atoms with van der Waals surface area (Å²) >= 11 is 0. The van der Waals surface area contributed by atoms with Crippen molar-refractivity contribution in [2.24, 2.45) is 0 Å². The number of benzene rings is 2. The van der Waals surface area contributed by atoms with Crippen LogP contribution in [0.25, 0.3) is 12.2 Å². The molecule has 0 unspecified atom stereocenters. The van der Waals surface area contributed by atoms with Gasteiger partial charge in [-0.1, -0.05) is 60.7 Å². The molecular weight excluding hydrogens is 251 g/mol. The first-order valence-corrected chi connectivity index (χ1v) is 5.27. The quantitative estimate of drug-likeness (QED) is 0.557. The Kier molecular flexibility index (Phi) is 4.80. The lowest BCUT2D eigenvalue weighted by atomic mass is 10.0. The minimum absolute atomic E-state index is 0. The summed E-state index contributed by atoms with van der Waals surface area (Å²) in [7, 11) is 0. The van der Waals surface area contributed by atoms with Gasteiger partial charge in [0.2, 0.25) is 0 Å². The van der Waals surface area contributed by atoms with Crippen LogP contribution in [0.5, 0.6) is 0 Å². The first kappa shape index (κ1) is 13.8. The molecule has 0 saturated carbocycles. The third kappa shape index (κ3) is 2.71. The Hall–Kier alpha value is -1.24. The molecule has 1 aliphatic carbocycles. The predicted octanol–water partition coefficient (Wildman–Crippen LogP) is 4.60. The van der Waals surface area contributed by atoms with Gasteiger partial charge in [0.05, 0.1) is 0 Å². The Bertz CT molecular complexity index is 482. The largest absolute Gasteiger partial charge is 0.147 e. The van der Waals surface area contributed by atoms with Crippen LogP contribution in [-0.4, -0.2) is 0 Å². The minimum Gasteiger partial charge on any atom is -0.147 e. The van der Waals surface area contributed by atoms with Crippen molar-refractivity contribution >= 4 is 37.0 Å². The van der Waals surface area contributed by atoms with E-state index in [4.69, 9.17) is 0 Å². The molecule has 17 heavy (non-hydrogen) atoms. The monoisotopic (exact) mass is 264 g/mol. The highest BCUT2D eigenvalue weighted by molar-refractivity contribution is 5.85. The highest BCUT2D eigenvalue weighted by Gasteiger charge is 2.06. The fraction of sp³-hybridized carbons (Fsp3) is 0.0667. The van der Waals surface area contributed by atoms with Gasteiger partial charge in [-0.3, -0.25) is 0 Å². The lowest BCUT2D eigenvalue weighted by Gasteiger charge is -2.04. The Balaban J connectivity index is 0.000000722. The van der Waals surface area contributed by atoms with E-state index < -0.39 is 0 Å². The van der Waals surface area contributed by atoms with Crippen LogP contribution >= 0.6 is 24.8 Å². The van der Waals surface area contributed by atoms with Gasteiger partial charge in [0, 0.05) is 0 Å². The van der Waals surface area contributed by atoms with Gasteiger partial charge in [-0.05, 0) is 28.7 Å². The molecule has 3 rings (SSSR count).